The van der Waals surface area contributed by atoms with Gasteiger partial charge in [0.1, 0.15) is 0 Å². The predicted molar refractivity (Wildman–Crippen MR) is 108 cm³/mol. The van der Waals surface area contributed by atoms with Crippen LogP contribution in [0.5, 0.6) is 0 Å². The summed E-state index contributed by atoms with van der Waals surface area (Å²) in [6.45, 7) is 4.05. The molecular formula is C17H27Cl3N4. The molecule has 0 bridgehead atoms. The highest BCUT2D eigenvalue weighted by Crippen LogP contribution is 2.39. The van der Waals surface area contributed by atoms with E-state index in [2.05, 4.69) is 39.5 Å². The molecule has 0 radical (unpaired) electrons. The van der Waals surface area contributed by atoms with Crippen molar-refractivity contribution < 1.29 is 0 Å². The molecule has 2 aromatic rings. The van der Waals surface area contributed by atoms with E-state index in [1.165, 1.54) is 48.9 Å². The largest absolute Gasteiger partial charge is 0.357 e. The van der Waals surface area contributed by atoms with Gasteiger partial charge in [-0.15, -0.1) is 37.2 Å². The third-order valence-corrected chi connectivity index (χ3v) is 5.12. The maximum Gasteiger partial charge on any atom is 0.0516 e. The summed E-state index contributed by atoms with van der Waals surface area (Å²) in [6, 6.07) is 9.87. The summed E-state index contributed by atoms with van der Waals surface area (Å²) in [5, 5.41) is 5.02. The smallest absolute Gasteiger partial charge is 0.0516 e. The highest BCUT2D eigenvalue weighted by molar-refractivity contribution is 5.86. The van der Waals surface area contributed by atoms with Crippen LogP contribution in [0.15, 0.2) is 24.3 Å². The molecule has 1 saturated heterocycles. The molecule has 24 heavy (non-hydrogen) atoms. The lowest BCUT2D eigenvalue weighted by Crippen LogP contribution is -2.47. The Labute approximate surface area is 162 Å². The minimum atomic E-state index is 0. The van der Waals surface area contributed by atoms with E-state index in [0.717, 1.165) is 13.1 Å². The van der Waals surface area contributed by atoms with Crippen molar-refractivity contribution in [3.63, 3.8) is 0 Å². The number of hydrogen-bond donors (Lipinski definition) is 3. The number of para-hydroxylation sites is 1. The van der Waals surface area contributed by atoms with E-state index in [1.54, 1.807) is 5.56 Å². The average Bonchev–Trinajstić information content (AvgIpc) is 2.92. The van der Waals surface area contributed by atoms with Gasteiger partial charge in [-0.05, 0) is 30.9 Å². The SMILES string of the molecule is Cl.Cl.Cl.NCCNC1CCN2CCc3c([nH]c4ccccc34)C2C1. The lowest BCUT2D eigenvalue weighted by atomic mass is 9.88. The van der Waals surface area contributed by atoms with E-state index in [1.807, 2.05) is 0 Å². The number of aromatic amines is 1. The minimum Gasteiger partial charge on any atom is -0.357 e. The Morgan fingerprint density at radius 2 is 1.96 bits per heavy atom. The summed E-state index contributed by atoms with van der Waals surface area (Å²) in [6.07, 6.45) is 3.61. The molecule has 136 valence electrons. The number of nitrogens with one attached hydrogen (secondary N) is 2. The van der Waals surface area contributed by atoms with Gasteiger partial charge >= 0.3 is 0 Å². The second-order valence-corrected chi connectivity index (χ2v) is 6.33. The Morgan fingerprint density at radius 3 is 2.75 bits per heavy atom. The second kappa shape index (κ2) is 9.27. The van der Waals surface area contributed by atoms with Crippen LogP contribution in [0.3, 0.4) is 0 Å². The molecule has 4 nitrogen and oxygen atoms in total. The van der Waals surface area contributed by atoms with Gasteiger partial charge < -0.3 is 16.0 Å². The van der Waals surface area contributed by atoms with Crippen molar-refractivity contribution in [1.82, 2.24) is 15.2 Å². The fraction of sp³-hybridized carbons (Fsp3) is 0.529. The molecule has 2 unspecified atom stereocenters. The minimum absolute atomic E-state index is 0. The van der Waals surface area contributed by atoms with Crippen LogP contribution in [-0.4, -0.2) is 42.1 Å². The van der Waals surface area contributed by atoms with Crippen LogP contribution >= 0.6 is 37.2 Å². The first-order valence-corrected chi connectivity index (χ1v) is 8.14. The number of halogens is 3. The van der Waals surface area contributed by atoms with E-state index in [0.29, 0.717) is 12.1 Å². The maximum atomic E-state index is 5.63. The number of hydrogen-bond acceptors (Lipinski definition) is 3. The normalized spacial score (nSPS) is 22.5. The van der Waals surface area contributed by atoms with E-state index in [9.17, 15) is 0 Å². The molecular weight excluding hydrogens is 367 g/mol. The lowest BCUT2D eigenvalue weighted by Gasteiger charge is -2.42. The Morgan fingerprint density at radius 1 is 1.17 bits per heavy atom. The summed E-state index contributed by atoms with van der Waals surface area (Å²) in [5.41, 5.74) is 9.93. The van der Waals surface area contributed by atoms with Crippen molar-refractivity contribution in [1.29, 1.82) is 0 Å². The summed E-state index contributed by atoms with van der Waals surface area (Å²) in [7, 11) is 0. The molecule has 0 aliphatic carbocycles. The molecule has 1 fully saturated rings. The van der Waals surface area contributed by atoms with Gasteiger partial charge in [0.2, 0.25) is 0 Å². The van der Waals surface area contributed by atoms with Crippen molar-refractivity contribution in [3.8, 4) is 0 Å². The molecule has 1 aromatic heterocycles. The van der Waals surface area contributed by atoms with Crippen molar-refractivity contribution in [2.45, 2.75) is 31.3 Å². The zero-order valence-corrected chi connectivity index (χ0v) is 16.1. The fourth-order valence-electron chi connectivity index (χ4n) is 4.08. The van der Waals surface area contributed by atoms with Crippen LogP contribution in [0.25, 0.3) is 10.9 Å². The molecule has 0 amide bonds. The number of aromatic nitrogens is 1. The standard InChI is InChI=1S/C17H24N4.3ClH/c18-7-8-19-12-5-9-21-10-6-14-13-3-1-2-4-15(13)20-17(14)16(21)11-12;;;/h1-4,12,16,19-20H,5-11,18H2;3*1H. The van der Waals surface area contributed by atoms with E-state index < -0.39 is 0 Å². The zero-order valence-electron chi connectivity index (χ0n) is 13.7. The summed E-state index contributed by atoms with van der Waals surface area (Å²) in [5.74, 6) is 0. The average molecular weight is 394 g/mol. The third-order valence-electron chi connectivity index (χ3n) is 5.12. The Hall–Kier alpha value is -0.490. The molecule has 4 rings (SSSR count). The van der Waals surface area contributed by atoms with Crippen LogP contribution in [0.4, 0.5) is 0 Å². The molecule has 3 heterocycles. The van der Waals surface area contributed by atoms with Gasteiger partial charge in [-0.25, -0.2) is 0 Å². The highest BCUT2D eigenvalue weighted by atomic mass is 35.5. The van der Waals surface area contributed by atoms with Crippen LogP contribution in [0.2, 0.25) is 0 Å². The van der Waals surface area contributed by atoms with Crippen molar-refractivity contribution in [2.24, 2.45) is 5.73 Å². The topological polar surface area (TPSA) is 57.1 Å². The van der Waals surface area contributed by atoms with Gasteiger partial charge in [-0.1, -0.05) is 18.2 Å². The number of piperidine rings is 1. The quantitative estimate of drug-likeness (QED) is 0.751. The van der Waals surface area contributed by atoms with Crippen molar-refractivity contribution in [2.75, 3.05) is 26.2 Å². The number of benzene rings is 1. The summed E-state index contributed by atoms with van der Waals surface area (Å²) in [4.78, 5) is 6.35. The van der Waals surface area contributed by atoms with Gasteiger partial charge in [0.05, 0.1) is 6.04 Å². The van der Waals surface area contributed by atoms with E-state index in [-0.39, 0.29) is 37.2 Å². The number of fused-ring (bicyclic) bond motifs is 5. The third kappa shape index (κ3) is 3.85. The van der Waals surface area contributed by atoms with Crippen LogP contribution < -0.4 is 11.1 Å². The van der Waals surface area contributed by atoms with Gasteiger partial charge in [0.15, 0.2) is 0 Å². The number of rotatable bonds is 3. The molecule has 2 aliphatic heterocycles. The summed E-state index contributed by atoms with van der Waals surface area (Å²) < 4.78 is 0. The Kier molecular flexibility index (Phi) is 8.33. The van der Waals surface area contributed by atoms with E-state index >= 15 is 0 Å². The molecule has 4 N–H and O–H groups in total. The van der Waals surface area contributed by atoms with Gasteiger partial charge in [-0.2, -0.15) is 0 Å². The van der Waals surface area contributed by atoms with Crippen LogP contribution in [0, 0.1) is 0 Å². The number of nitrogens with two attached hydrogens (primary N) is 1. The molecule has 0 spiro atoms. The Balaban J connectivity index is 0.000000960. The molecule has 2 atom stereocenters. The first-order valence-electron chi connectivity index (χ1n) is 8.14. The monoisotopic (exact) mass is 392 g/mol. The zero-order chi connectivity index (χ0) is 14.2. The predicted octanol–water partition coefficient (Wildman–Crippen LogP) is 3.04. The maximum absolute atomic E-state index is 5.63. The second-order valence-electron chi connectivity index (χ2n) is 6.33. The van der Waals surface area contributed by atoms with Crippen molar-refractivity contribution >= 4 is 48.1 Å². The van der Waals surface area contributed by atoms with Gasteiger partial charge in [0, 0.05) is 48.8 Å². The first kappa shape index (κ1) is 21.6. The van der Waals surface area contributed by atoms with Crippen molar-refractivity contribution in [3.05, 3.63) is 35.5 Å². The fourth-order valence-corrected chi connectivity index (χ4v) is 4.08. The molecule has 7 heteroatoms. The molecule has 1 aromatic carbocycles. The molecule has 0 saturated carbocycles. The Bertz CT molecular complexity index is 646. The number of nitrogens with zero attached hydrogens (tertiary/aromatic N) is 1. The number of H-pyrrole nitrogens is 1. The highest BCUT2D eigenvalue weighted by Gasteiger charge is 2.35. The van der Waals surface area contributed by atoms with Gasteiger partial charge in [-0.3, -0.25) is 4.90 Å². The first-order chi connectivity index (χ1) is 10.4. The lowest BCUT2D eigenvalue weighted by molar-refractivity contribution is 0.114. The van der Waals surface area contributed by atoms with Crippen LogP contribution in [-0.2, 0) is 6.42 Å². The van der Waals surface area contributed by atoms with E-state index in [4.69, 9.17) is 5.73 Å². The van der Waals surface area contributed by atoms with Gasteiger partial charge in [0.25, 0.3) is 0 Å². The van der Waals surface area contributed by atoms with Crippen LogP contribution in [0.1, 0.15) is 30.1 Å². The molecule has 2 aliphatic rings. The summed E-state index contributed by atoms with van der Waals surface area (Å²) >= 11 is 0.